The molecule has 5 aromatic heterocycles. The van der Waals surface area contributed by atoms with Crippen LogP contribution in [0.15, 0.2) is 173 Å². The van der Waals surface area contributed by atoms with Gasteiger partial charge in [0.15, 0.2) is 23.3 Å². The van der Waals surface area contributed by atoms with Crippen molar-refractivity contribution < 1.29 is 8.83 Å². The molecule has 12 rings (SSSR count). The first kappa shape index (κ1) is 31.8. The second-order valence-corrected chi connectivity index (χ2v) is 15.0. The van der Waals surface area contributed by atoms with Gasteiger partial charge in [-0.3, -0.25) is 0 Å². The largest absolute Gasteiger partial charge is 0.456 e. The smallest absolute Gasteiger partial charge is 0.164 e. The predicted molar refractivity (Wildman–Crippen MR) is 230 cm³/mol. The van der Waals surface area contributed by atoms with Gasteiger partial charge in [-0.1, -0.05) is 127 Å². The zero-order valence-electron chi connectivity index (χ0n) is 30.0. The van der Waals surface area contributed by atoms with Crippen molar-refractivity contribution >= 4 is 75.5 Å². The number of hydrogen-bond donors (Lipinski definition) is 0. The lowest BCUT2D eigenvalue weighted by atomic mass is 10.0. The van der Waals surface area contributed by atoms with E-state index in [0.29, 0.717) is 23.3 Å². The Kier molecular flexibility index (Phi) is 6.96. The van der Waals surface area contributed by atoms with Crippen LogP contribution < -0.4 is 0 Å². The van der Waals surface area contributed by atoms with Crippen molar-refractivity contribution in [1.29, 1.82) is 0 Å². The Bertz CT molecular complexity index is 3480. The van der Waals surface area contributed by atoms with Crippen LogP contribution in [0.4, 0.5) is 0 Å². The van der Waals surface area contributed by atoms with Crippen LogP contribution in [-0.4, -0.2) is 24.9 Å². The monoisotopic (exact) mass is 749 g/mol. The molecule has 8 heteroatoms. The van der Waals surface area contributed by atoms with E-state index in [1.165, 1.54) is 0 Å². The summed E-state index contributed by atoms with van der Waals surface area (Å²) in [4.78, 5) is 25.7. The Balaban J connectivity index is 1.09. The summed E-state index contributed by atoms with van der Waals surface area (Å²) in [6, 6.07) is 55.1. The van der Waals surface area contributed by atoms with E-state index < -0.39 is 0 Å². The van der Waals surface area contributed by atoms with Gasteiger partial charge in [0.2, 0.25) is 0 Å². The summed E-state index contributed by atoms with van der Waals surface area (Å²) in [6.07, 6.45) is 0. The number of rotatable bonds is 5. The van der Waals surface area contributed by atoms with E-state index in [9.17, 15) is 0 Å². The van der Waals surface area contributed by atoms with Crippen LogP contribution in [0.5, 0.6) is 0 Å². The van der Waals surface area contributed by atoms with E-state index in [1.807, 2.05) is 97.1 Å². The number of aromatic nitrogens is 5. The van der Waals surface area contributed by atoms with Gasteiger partial charge in [-0.25, -0.2) is 24.9 Å². The van der Waals surface area contributed by atoms with E-state index in [1.54, 1.807) is 11.3 Å². The van der Waals surface area contributed by atoms with E-state index >= 15 is 0 Å². The summed E-state index contributed by atoms with van der Waals surface area (Å²) in [5.74, 6) is 2.39. The lowest BCUT2D eigenvalue weighted by molar-refractivity contribution is 0.669. The molecule has 0 aliphatic rings. The lowest BCUT2D eigenvalue weighted by Gasteiger charge is -2.09. The third-order valence-electron chi connectivity index (χ3n) is 10.6. The Morgan fingerprint density at radius 2 is 1.00 bits per heavy atom. The zero-order valence-corrected chi connectivity index (χ0v) is 30.9. The number of benzene rings is 7. The molecular weight excluding hydrogens is 723 g/mol. The predicted octanol–water partition coefficient (Wildman–Crippen LogP) is 13.2. The Morgan fingerprint density at radius 3 is 1.81 bits per heavy atom. The molecule has 0 unspecified atom stereocenters. The fraction of sp³-hybridized carbons (Fsp3) is 0. The summed E-state index contributed by atoms with van der Waals surface area (Å²) in [5.41, 5.74) is 9.26. The normalized spacial score (nSPS) is 11.9. The minimum atomic E-state index is 0.568. The van der Waals surface area contributed by atoms with Gasteiger partial charge in [-0.15, -0.1) is 11.3 Å². The first-order valence-corrected chi connectivity index (χ1v) is 19.5. The number of fused-ring (bicyclic) bond motifs is 9. The SMILES string of the molecule is c1ccc(-c2nc(-c3ccccc3)nc(-c3cccc4oc5c(-c6nc(-c7ccc8c(c7)oc7ccccc78)nc7c6sc6ccccc67)cccc5c34)n2)cc1. The van der Waals surface area contributed by atoms with Gasteiger partial charge in [0.25, 0.3) is 0 Å². The van der Waals surface area contributed by atoms with Crippen molar-refractivity contribution in [2.75, 3.05) is 0 Å². The molecule has 266 valence electrons. The van der Waals surface area contributed by atoms with Gasteiger partial charge >= 0.3 is 0 Å². The van der Waals surface area contributed by atoms with Gasteiger partial charge in [0, 0.05) is 59.4 Å². The van der Waals surface area contributed by atoms with Crippen LogP contribution >= 0.6 is 11.3 Å². The third-order valence-corrected chi connectivity index (χ3v) is 11.7. The van der Waals surface area contributed by atoms with E-state index in [-0.39, 0.29) is 0 Å². The molecular formula is C49H27N5O2S. The van der Waals surface area contributed by atoms with Gasteiger partial charge in [0.1, 0.15) is 22.3 Å². The minimum absolute atomic E-state index is 0.568. The van der Waals surface area contributed by atoms with Crippen molar-refractivity contribution in [3.63, 3.8) is 0 Å². The highest BCUT2D eigenvalue weighted by Crippen LogP contribution is 2.45. The van der Waals surface area contributed by atoms with Gasteiger partial charge < -0.3 is 8.83 Å². The van der Waals surface area contributed by atoms with E-state index in [0.717, 1.165) is 97.7 Å². The highest BCUT2D eigenvalue weighted by molar-refractivity contribution is 7.26. The Labute approximate surface area is 328 Å². The van der Waals surface area contributed by atoms with Crippen molar-refractivity contribution in [2.45, 2.75) is 0 Å². The average Bonchev–Trinajstić information content (AvgIpc) is 3.98. The first-order valence-electron chi connectivity index (χ1n) is 18.7. The number of para-hydroxylation sites is 2. The highest BCUT2D eigenvalue weighted by atomic mass is 32.1. The van der Waals surface area contributed by atoms with Crippen LogP contribution in [0.1, 0.15) is 0 Å². The van der Waals surface area contributed by atoms with E-state index in [2.05, 4.69) is 66.7 Å². The molecule has 7 nitrogen and oxygen atoms in total. The third kappa shape index (κ3) is 5.08. The molecule has 0 radical (unpaired) electrons. The maximum Gasteiger partial charge on any atom is 0.164 e. The molecule has 0 saturated heterocycles. The maximum absolute atomic E-state index is 6.85. The molecule has 57 heavy (non-hydrogen) atoms. The second-order valence-electron chi connectivity index (χ2n) is 14.0. The summed E-state index contributed by atoms with van der Waals surface area (Å²) in [5, 5.41) is 5.10. The van der Waals surface area contributed by atoms with Crippen LogP contribution in [0.3, 0.4) is 0 Å². The molecule has 0 bridgehead atoms. The minimum Gasteiger partial charge on any atom is -0.456 e. The molecule has 0 aliphatic heterocycles. The second kappa shape index (κ2) is 12.5. The quantitative estimate of drug-likeness (QED) is 0.173. The van der Waals surface area contributed by atoms with E-state index in [4.69, 9.17) is 33.8 Å². The summed E-state index contributed by atoms with van der Waals surface area (Å²) in [7, 11) is 0. The molecule has 0 amide bonds. The molecule has 7 aromatic carbocycles. The molecule has 0 fully saturated rings. The standard InChI is InChI=1S/C49H27N5O2S/c1-3-13-28(14-4-1)46-52-47(29-15-5-2-6-16-29)54-49(53-46)35-20-12-23-38-41(35)34-19-11-21-36(44(34)56-38)43-45-42(33-18-8-10-24-40(33)57-45)50-48(51-43)30-25-26-32-31-17-7-9-22-37(31)55-39(32)27-30/h1-27H. The molecule has 5 heterocycles. The van der Waals surface area contributed by atoms with Crippen LogP contribution in [0.2, 0.25) is 0 Å². The highest BCUT2D eigenvalue weighted by Gasteiger charge is 2.23. The topological polar surface area (TPSA) is 90.7 Å². The summed E-state index contributed by atoms with van der Waals surface area (Å²) in [6.45, 7) is 0. The summed E-state index contributed by atoms with van der Waals surface area (Å²) >= 11 is 1.69. The fourth-order valence-corrected chi connectivity index (χ4v) is 9.06. The van der Waals surface area contributed by atoms with Gasteiger partial charge in [0.05, 0.1) is 15.9 Å². The van der Waals surface area contributed by atoms with Crippen molar-refractivity contribution in [2.24, 2.45) is 0 Å². The van der Waals surface area contributed by atoms with Crippen LogP contribution in [-0.2, 0) is 0 Å². The van der Waals surface area contributed by atoms with Crippen molar-refractivity contribution in [1.82, 2.24) is 24.9 Å². The zero-order chi connectivity index (χ0) is 37.5. The molecule has 0 spiro atoms. The Morgan fingerprint density at radius 1 is 0.386 bits per heavy atom. The number of nitrogens with zero attached hydrogens (tertiary/aromatic N) is 5. The average molecular weight is 750 g/mol. The molecule has 0 aliphatic carbocycles. The lowest BCUT2D eigenvalue weighted by Crippen LogP contribution is -2.00. The number of hydrogen-bond acceptors (Lipinski definition) is 8. The number of thiophene rings is 1. The fourth-order valence-electron chi connectivity index (χ4n) is 7.92. The van der Waals surface area contributed by atoms with Crippen LogP contribution in [0, 0.1) is 0 Å². The van der Waals surface area contributed by atoms with Crippen LogP contribution in [0.25, 0.3) is 121 Å². The van der Waals surface area contributed by atoms with Crippen molar-refractivity contribution in [3.05, 3.63) is 164 Å². The molecule has 12 aromatic rings. The molecule has 0 N–H and O–H groups in total. The maximum atomic E-state index is 6.85. The molecule has 0 atom stereocenters. The first-order chi connectivity index (χ1) is 28.2. The Hall–Kier alpha value is -7.55. The summed E-state index contributed by atoms with van der Waals surface area (Å²) < 4.78 is 15.3. The molecule has 0 saturated carbocycles. The van der Waals surface area contributed by atoms with Gasteiger partial charge in [-0.05, 0) is 36.4 Å². The van der Waals surface area contributed by atoms with Gasteiger partial charge in [-0.2, -0.15) is 0 Å². The number of furan rings is 2. The van der Waals surface area contributed by atoms with Crippen molar-refractivity contribution in [3.8, 4) is 56.8 Å².